The molecule has 0 saturated carbocycles. The number of carbonyl (C=O) groups excluding carboxylic acids is 1. The summed E-state index contributed by atoms with van der Waals surface area (Å²) < 4.78 is 38.8. The third-order valence-electron chi connectivity index (χ3n) is 5.28. The second-order valence-corrected chi connectivity index (χ2v) is 9.31. The Balaban J connectivity index is 2.02. The number of anilines is 1. The predicted molar refractivity (Wildman–Crippen MR) is 115 cm³/mol. The summed E-state index contributed by atoms with van der Waals surface area (Å²) in [6.07, 6.45) is 1.99. The van der Waals surface area contributed by atoms with Gasteiger partial charge in [0.15, 0.2) is 0 Å². The molecule has 1 amide bonds. The number of amides is 1. The lowest BCUT2D eigenvalue weighted by molar-refractivity contribution is -0.131. The summed E-state index contributed by atoms with van der Waals surface area (Å²) in [6, 6.07) is 13.0. The van der Waals surface area contributed by atoms with Gasteiger partial charge in [0.05, 0.1) is 24.8 Å². The first kappa shape index (κ1) is 22.0. The van der Waals surface area contributed by atoms with Crippen LogP contribution in [0.25, 0.3) is 0 Å². The maximum absolute atomic E-state index is 13.5. The highest BCUT2D eigenvalue weighted by Gasteiger charge is 2.32. The molecular formula is C22H28N2O5S. The molecule has 1 aliphatic heterocycles. The predicted octanol–water partition coefficient (Wildman–Crippen LogP) is 3.16. The molecule has 0 spiro atoms. The van der Waals surface area contributed by atoms with Gasteiger partial charge in [0.2, 0.25) is 5.91 Å². The summed E-state index contributed by atoms with van der Waals surface area (Å²) >= 11 is 0. The van der Waals surface area contributed by atoms with Crippen molar-refractivity contribution in [1.82, 2.24) is 4.90 Å². The molecule has 2 aromatic rings. The van der Waals surface area contributed by atoms with Crippen molar-refractivity contribution in [3.8, 4) is 11.5 Å². The highest BCUT2D eigenvalue weighted by Crippen LogP contribution is 2.35. The van der Waals surface area contributed by atoms with Crippen molar-refractivity contribution in [1.29, 1.82) is 0 Å². The van der Waals surface area contributed by atoms with Crippen LogP contribution in [0.2, 0.25) is 0 Å². The summed E-state index contributed by atoms with van der Waals surface area (Å²) in [4.78, 5) is 14.9. The maximum atomic E-state index is 13.5. The molecule has 1 saturated heterocycles. The lowest BCUT2D eigenvalue weighted by atomic mass is 10.0. The van der Waals surface area contributed by atoms with Crippen molar-refractivity contribution in [2.24, 2.45) is 5.92 Å². The number of benzene rings is 2. The first-order valence-electron chi connectivity index (χ1n) is 9.94. The number of hydrogen-bond donors (Lipinski definition) is 0. The summed E-state index contributed by atoms with van der Waals surface area (Å²) in [5.41, 5.74) is 0.292. The fourth-order valence-electron chi connectivity index (χ4n) is 3.65. The fourth-order valence-corrected chi connectivity index (χ4v) is 5.09. The molecule has 0 radical (unpaired) electrons. The van der Waals surface area contributed by atoms with E-state index in [0.29, 0.717) is 36.2 Å². The molecule has 2 aromatic carbocycles. The lowest BCUT2D eigenvalue weighted by Crippen LogP contribution is -2.46. The van der Waals surface area contributed by atoms with Crippen LogP contribution in [0.4, 0.5) is 5.69 Å². The molecule has 1 heterocycles. The van der Waals surface area contributed by atoms with Crippen LogP contribution >= 0.6 is 0 Å². The highest BCUT2D eigenvalue weighted by molar-refractivity contribution is 7.92. The summed E-state index contributed by atoms with van der Waals surface area (Å²) in [5, 5.41) is 0. The SMILES string of the molecule is COc1ccc(N(CC(=O)N2CCC[C@@H](C)C2)S(=O)(=O)c2ccccc2)c(OC)c1. The summed E-state index contributed by atoms with van der Waals surface area (Å²) in [6.45, 7) is 3.08. The molecule has 0 unspecified atom stereocenters. The van der Waals surface area contributed by atoms with Gasteiger partial charge in [-0.1, -0.05) is 25.1 Å². The average molecular weight is 433 g/mol. The molecule has 0 aliphatic carbocycles. The summed E-state index contributed by atoms with van der Waals surface area (Å²) in [7, 11) is -1.01. The monoisotopic (exact) mass is 432 g/mol. The Kier molecular flexibility index (Phi) is 6.87. The van der Waals surface area contributed by atoms with Crippen LogP contribution in [0.1, 0.15) is 19.8 Å². The molecule has 0 bridgehead atoms. The van der Waals surface area contributed by atoms with Gasteiger partial charge in [-0.2, -0.15) is 0 Å². The van der Waals surface area contributed by atoms with Gasteiger partial charge in [-0.3, -0.25) is 9.10 Å². The Morgan fingerprint density at radius 2 is 1.87 bits per heavy atom. The second-order valence-electron chi connectivity index (χ2n) is 7.45. The number of sulfonamides is 1. The number of carbonyl (C=O) groups is 1. The van der Waals surface area contributed by atoms with E-state index in [1.807, 2.05) is 0 Å². The van der Waals surface area contributed by atoms with Crippen LogP contribution in [-0.4, -0.2) is 53.1 Å². The van der Waals surface area contributed by atoms with Crippen molar-refractivity contribution in [2.45, 2.75) is 24.7 Å². The Labute approximate surface area is 178 Å². The third kappa shape index (κ3) is 4.70. The molecular weight excluding hydrogens is 404 g/mol. The van der Waals surface area contributed by atoms with Crippen LogP contribution in [0.15, 0.2) is 53.4 Å². The molecule has 30 heavy (non-hydrogen) atoms. The van der Waals surface area contributed by atoms with E-state index in [0.717, 1.165) is 17.1 Å². The van der Waals surface area contributed by atoms with Gasteiger partial charge < -0.3 is 14.4 Å². The topological polar surface area (TPSA) is 76.2 Å². The number of piperidine rings is 1. The molecule has 1 fully saturated rings. The number of ether oxygens (including phenoxy) is 2. The molecule has 162 valence electrons. The Bertz CT molecular complexity index is 978. The molecule has 3 rings (SSSR count). The van der Waals surface area contributed by atoms with Gasteiger partial charge in [0.1, 0.15) is 18.0 Å². The normalized spacial score (nSPS) is 16.8. The van der Waals surface area contributed by atoms with Crippen molar-refractivity contribution in [3.05, 3.63) is 48.5 Å². The first-order valence-corrected chi connectivity index (χ1v) is 11.4. The van der Waals surface area contributed by atoms with E-state index < -0.39 is 10.0 Å². The summed E-state index contributed by atoms with van der Waals surface area (Å²) in [5.74, 6) is 1.02. The molecule has 0 N–H and O–H groups in total. The van der Waals surface area contributed by atoms with Gasteiger partial charge in [-0.05, 0) is 43.0 Å². The van der Waals surface area contributed by atoms with Crippen molar-refractivity contribution in [3.63, 3.8) is 0 Å². The zero-order valence-electron chi connectivity index (χ0n) is 17.6. The minimum absolute atomic E-state index is 0.114. The zero-order valence-corrected chi connectivity index (χ0v) is 18.4. The lowest BCUT2D eigenvalue weighted by Gasteiger charge is -2.33. The van der Waals surface area contributed by atoms with Gasteiger partial charge in [-0.15, -0.1) is 0 Å². The maximum Gasteiger partial charge on any atom is 0.264 e. The molecule has 1 atom stereocenters. The number of nitrogens with zero attached hydrogens (tertiary/aromatic N) is 2. The van der Waals surface area contributed by atoms with Crippen molar-refractivity contribution < 1.29 is 22.7 Å². The average Bonchev–Trinajstić information content (AvgIpc) is 2.77. The van der Waals surface area contributed by atoms with Crippen LogP contribution in [0, 0.1) is 5.92 Å². The van der Waals surface area contributed by atoms with Crippen LogP contribution in [0.5, 0.6) is 11.5 Å². The van der Waals surface area contributed by atoms with E-state index >= 15 is 0 Å². The molecule has 1 aliphatic rings. The van der Waals surface area contributed by atoms with Gasteiger partial charge >= 0.3 is 0 Å². The minimum atomic E-state index is -3.99. The Morgan fingerprint density at radius 1 is 1.13 bits per heavy atom. The number of rotatable bonds is 7. The Morgan fingerprint density at radius 3 is 2.50 bits per heavy atom. The van der Waals surface area contributed by atoms with E-state index in [-0.39, 0.29) is 17.3 Å². The zero-order chi connectivity index (χ0) is 21.7. The first-order chi connectivity index (χ1) is 14.4. The number of likely N-dealkylation sites (tertiary alicyclic amines) is 1. The fraction of sp³-hybridized carbons (Fsp3) is 0.409. The van der Waals surface area contributed by atoms with E-state index in [4.69, 9.17) is 9.47 Å². The van der Waals surface area contributed by atoms with Gasteiger partial charge in [-0.25, -0.2) is 8.42 Å². The molecule has 8 heteroatoms. The standard InChI is InChI=1S/C22H28N2O5S/c1-17-8-7-13-23(15-17)22(25)16-24(30(26,27)19-9-5-4-6-10-19)20-12-11-18(28-2)14-21(20)29-3/h4-6,9-12,14,17H,7-8,13,15-16H2,1-3H3/t17-/m1/s1. The van der Waals surface area contributed by atoms with E-state index in [1.54, 1.807) is 41.3 Å². The highest BCUT2D eigenvalue weighted by atomic mass is 32.2. The number of hydrogen-bond acceptors (Lipinski definition) is 5. The van der Waals surface area contributed by atoms with Gasteiger partial charge in [0.25, 0.3) is 10.0 Å². The largest absolute Gasteiger partial charge is 0.497 e. The van der Waals surface area contributed by atoms with Crippen molar-refractivity contribution >= 4 is 21.6 Å². The van der Waals surface area contributed by atoms with Crippen LogP contribution < -0.4 is 13.8 Å². The molecule has 0 aromatic heterocycles. The quantitative estimate of drug-likeness (QED) is 0.672. The number of methoxy groups -OCH3 is 2. The van der Waals surface area contributed by atoms with E-state index in [1.165, 1.54) is 26.4 Å². The minimum Gasteiger partial charge on any atom is -0.497 e. The van der Waals surface area contributed by atoms with Gasteiger partial charge in [0, 0.05) is 19.2 Å². The van der Waals surface area contributed by atoms with E-state index in [9.17, 15) is 13.2 Å². The second kappa shape index (κ2) is 9.38. The molecule has 7 nitrogen and oxygen atoms in total. The smallest absolute Gasteiger partial charge is 0.264 e. The van der Waals surface area contributed by atoms with Crippen LogP contribution in [0.3, 0.4) is 0 Å². The van der Waals surface area contributed by atoms with Crippen molar-refractivity contribution in [2.75, 3.05) is 38.2 Å². The van der Waals surface area contributed by atoms with Crippen LogP contribution in [-0.2, 0) is 14.8 Å². The third-order valence-corrected chi connectivity index (χ3v) is 7.05. The Hall–Kier alpha value is -2.74. The van der Waals surface area contributed by atoms with E-state index in [2.05, 4.69) is 6.92 Å².